The molecule has 0 saturated carbocycles. The van der Waals surface area contributed by atoms with Crippen molar-refractivity contribution in [2.75, 3.05) is 11.9 Å². The van der Waals surface area contributed by atoms with E-state index < -0.39 is 12.6 Å². The van der Waals surface area contributed by atoms with Crippen LogP contribution in [-0.2, 0) is 6.42 Å². The fourth-order valence-corrected chi connectivity index (χ4v) is 2.35. The number of rotatable bonds is 6. The quantitative estimate of drug-likeness (QED) is 0.829. The van der Waals surface area contributed by atoms with Crippen LogP contribution < -0.4 is 15.4 Å². The van der Waals surface area contributed by atoms with Crippen LogP contribution in [0, 0.1) is 13.8 Å². The molecule has 0 saturated heterocycles. The summed E-state index contributed by atoms with van der Waals surface area (Å²) in [5.41, 5.74) is 3.19. The molecule has 0 aliphatic rings. The Morgan fingerprint density at radius 1 is 1.08 bits per heavy atom. The third-order valence-corrected chi connectivity index (χ3v) is 3.63. The number of hydrogen-bond donors (Lipinski definition) is 2. The van der Waals surface area contributed by atoms with Gasteiger partial charge in [-0.05, 0) is 43.0 Å². The minimum Gasteiger partial charge on any atom is -0.433 e. The van der Waals surface area contributed by atoms with E-state index in [2.05, 4.69) is 15.4 Å². The largest absolute Gasteiger partial charge is 0.433 e. The summed E-state index contributed by atoms with van der Waals surface area (Å²) in [4.78, 5) is 12.0. The van der Waals surface area contributed by atoms with E-state index >= 15 is 0 Å². The van der Waals surface area contributed by atoms with Gasteiger partial charge in [-0.2, -0.15) is 8.78 Å². The molecule has 2 aromatic rings. The number of amides is 2. The van der Waals surface area contributed by atoms with Gasteiger partial charge in [0.05, 0.1) is 5.69 Å². The Bertz CT molecular complexity index is 705. The number of nitrogens with one attached hydrogen (secondary N) is 2. The maximum absolute atomic E-state index is 12.4. The van der Waals surface area contributed by atoms with Gasteiger partial charge >= 0.3 is 12.6 Å². The smallest absolute Gasteiger partial charge is 0.387 e. The minimum absolute atomic E-state index is 0.0564. The van der Waals surface area contributed by atoms with Gasteiger partial charge in [-0.25, -0.2) is 4.79 Å². The van der Waals surface area contributed by atoms with Gasteiger partial charge in [0.25, 0.3) is 0 Å². The lowest BCUT2D eigenvalue weighted by Crippen LogP contribution is -2.31. The third kappa shape index (κ3) is 4.94. The second kappa shape index (κ2) is 8.29. The van der Waals surface area contributed by atoms with E-state index in [4.69, 9.17) is 0 Å². The fourth-order valence-electron chi connectivity index (χ4n) is 2.35. The number of alkyl halides is 2. The summed E-state index contributed by atoms with van der Waals surface area (Å²) in [5, 5.41) is 5.30. The molecule has 0 unspecified atom stereocenters. The van der Waals surface area contributed by atoms with Crippen molar-refractivity contribution in [2.24, 2.45) is 0 Å². The van der Waals surface area contributed by atoms with Crippen molar-refractivity contribution in [3.8, 4) is 5.75 Å². The lowest BCUT2D eigenvalue weighted by Gasteiger charge is -2.15. The van der Waals surface area contributed by atoms with E-state index in [-0.39, 0.29) is 11.4 Å². The highest BCUT2D eigenvalue weighted by molar-refractivity contribution is 5.91. The highest BCUT2D eigenvalue weighted by Crippen LogP contribution is 2.29. The number of carbonyl (C=O) groups is 1. The van der Waals surface area contributed by atoms with Crippen molar-refractivity contribution in [1.29, 1.82) is 0 Å². The number of ether oxygens (including phenoxy) is 1. The summed E-state index contributed by atoms with van der Waals surface area (Å²) >= 11 is 0. The van der Waals surface area contributed by atoms with Crippen molar-refractivity contribution in [3.05, 3.63) is 59.2 Å². The Morgan fingerprint density at radius 2 is 1.79 bits per heavy atom. The molecule has 0 radical (unpaired) electrons. The first kappa shape index (κ1) is 17.7. The Balaban J connectivity index is 1.94. The average Bonchev–Trinajstić information content (AvgIpc) is 2.52. The first-order valence-corrected chi connectivity index (χ1v) is 7.61. The zero-order valence-corrected chi connectivity index (χ0v) is 13.6. The Labute approximate surface area is 139 Å². The Hall–Kier alpha value is -2.63. The van der Waals surface area contributed by atoms with Crippen molar-refractivity contribution >= 4 is 11.7 Å². The molecular formula is C18H20F2N2O2. The average molecular weight is 334 g/mol. The van der Waals surface area contributed by atoms with Crippen LogP contribution in [0.3, 0.4) is 0 Å². The van der Waals surface area contributed by atoms with E-state index in [9.17, 15) is 13.6 Å². The molecule has 2 N–H and O–H groups in total. The zero-order chi connectivity index (χ0) is 17.5. The maximum atomic E-state index is 12.4. The molecule has 128 valence electrons. The second-order valence-corrected chi connectivity index (χ2v) is 5.38. The number of aryl methyl sites for hydroxylation is 2. The van der Waals surface area contributed by atoms with Crippen molar-refractivity contribution < 1.29 is 18.3 Å². The van der Waals surface area contributed by atoms with Gasteiger partial charge in [-0.3, -0.25) is 0 Å². The van der Waals surface area contributed by atoms with Crippen LogP contribution in [0.1, 0.15) is 16.7 Å². The van der Waals surface area contributed by atoms with E-state index in [0.29, 0.717) is 18.5 Å². The van der Waals surface area contributed by atoms with Crippen molar-refractivity contribution in [2.45, 2.75) is 26.9 Å². The molecule has 4 nitrogen and oxygen atoms in total. The van der Waals surface area contributed by atoms with Gasteiger partial charge in [0, 0.05) is 6.54 Å². The monoisotopic (exact) mass is 334 g/mol. The van der Waals surface area contributed by atoms with Gasteiger partial charge in [0.1, 0.15) is 5.75 Å². The van der Waals surface area contributed by atoms with E-state index in [1.165, 1.54) is 6.07 Å². The number of urea groups is 1. The molecule has 0 atom stereocenters. The van der Waals surface area contributed by atoms with Crippen molar-refractivity contribution in [1.82, 2.24) is 5.32 Å². The minimum atomic E-state index is -2.95. The SMILES string of the molecule is Cc1ccccc1CCNC(=O)Nc1c(C)cccc1OC(F)F. The highest BCUT2D eigenvalue weighted by Gasteiger charge is 2.13. The lowest BCUT2D eigenvalue weighted by molar-refractivity contribution is -0.0493. The molecule has 0 bridgehead atoms. The first-order chi connectivity index (χ1) is 11.5. The molecule has 2 amide bonds. The van der Waals surface area contributed by atoms with Crippen molar-refractivity contribution in [3.63, 3.8) is 0 Å². The Kier molecular flexibility index (Phi) is 6.12. The molecular weight excluding hydrogens is 314 g/mol. The number of hydrogen-bond acceptors (Lipinski definition) is 2. The van der Waals surface area contributed by atoms with Gasteiger partial charge in [0.2, 0.25) is 0 Å². The summed E-state index contributed by atoms with van der Waals surface area (Å²) in [7, 11) is 0. The van der Waals surface area contributed by atoms with Gasteiger partial charge in [-0.1, -0.05) is 36.4 Å². The van der Waals surface area contributed by atoms with Crippen LogP contribution in [0.15, 0.2) is 42.5 Å². The summed E-state index contributed by atoms with van der Waals surface area (Å²) in [6, 6.07) is 12.2. The molecule has 24 heavy (non-hydrogen) atoms. The molecule has 0 aliphatic heterocycles. The molecule has 2 rings (SSSR count). The predicted molar refractivity (Wildman–Crippen MR) is 89.7 cm³/mol. The standard InChI is InChI=1S/C18H20F2N2O2/c1-12-6-3-4-8-14(12)10-11-21-18(23)22-16-13(2)7-5-9-15(16)24-17(19)20/h3-9,17H,10-11H2,1-2H3,(H2,21,22,23). The summed E-state index contributed by atoms with van der Waals surface area (Å²) in [5.74, 6) is -0.0564. The number of anilines is 1. The highest BCUT2D eigenvalue weighted by atomic mass is 19.3. The molecule has 0 aromatic heterocycles. The van der Waals surface area contributed by atoms with E-state index in [1.54, 1.807) is 19.1 Å². The normalized spacial score (nSPS) is 10.5. The molecule has 6 heteroatoms. The van der Waals surface area contributed by atoms with E-state index in [1.807, 2.05) is 31.2 Å². The third-order valence-electron chi connectivity index (χ3n) is 3.63. The van der Waals surface area contributed by atoms with Gasteiger partial charge in [-0.15, -0.1) is 0 Å². The first-order valence-electron chi connectivity index (χ1n) is 7.61. The number of halogens is 2. The Morgan fingerprint density at radius 3 is 2.50 bits per heavy atom. The zero-order valence-electron chi connectivity index (χ0n) is 13.6. The number of para-hydroxylation sites is 1. The lowest BCUT2D eigenvalue weighted by atomic mass is 10.1. The molecule has 0 fully saturated rings. The number of carbonyl (C=O) groups excluding carboxylic acids is 1. The summed E-state index contributed by atoms with van der Waals surface area (Å²) in [6.07, 6.45) is 0.689. The van der Waals surface area contributed by atoms with Crippen LogP contribution in [0.25, 0.3) is 0 Å². The topological polar surface area (TPSA) is 50.4 Å². The molecule has 0 aliphatic carbocycles. The van der Waals surface area contributed by atoms with Crippen LogP contribution >= 0.6 is 0 Å². The predicted octanol–water partition coefficient (Wildman–Crippen LogP) is 4.27. The maximum Gasteiger partial charge on any atom is 0.387 e. The molecule has 0 spiro atoms. The molecule has 2 aromatic carbocycles. The van der Waals surface area contributed by atoms with Crippen LogP contribution in [0.2, 0.25) is 0 Å². The van der Waals surface area contributed by atoms with Crippen LogP contribution in [-0.4, -0.2) is 19.2 Å². The fraction of sp³-hybridized carbons (Fsp3) is 0.278. The molecule has 0 heterocycles. The number of benzene rings is 2. The van der Waals surface area contributed by atoms with Crippen LogP contribution in [0.4, 0.5) is 19.3 Å². The van der Waals surface area contributed by atoms with E-state index in [0.717, 1.165) is 11.1 Å². The summed E-state index contributed by atoms with van der Waals surface area (Å²) in [6.45, 7) is 1.21. The van der Waals surface area contributed by atoms with Gasteiger partial charge in [0.15, 0.2) is 0 Å². The second-order valence-electron chi connectivity index (χ2n) is 5.38. The summed E-state index contributed by atoms with van der Waals surface area (Å²) < 4.78 is 29.3. The van der Waals surface area contributed by atoms with Gasteiger partial charge < -0.3 is 15.4 Å². The van der Waals surface area contributed by atoms with Crippen LogP contribution in [0.5, 0.6) is 5.75 Å².